The van der Waals surface area contributed by atoms with Gasteiger partial charge in [0, 0.05) is 30.4 Å². The third kappa shape index (κ3) is 4.07. The maximum absolute atomic E-state index is 13.8. The van der Waals surface area contributed by atoms with Gasteiger partial charge in [0.25, 0.3) is 6.43 Å². The molecule has 0 saturated heterocycles. The summed E-state index contributed by atoms with van der Waals surface area (Å²) in [5.74, 6) is 0. The monoisotopic (exact) mass is 442 g/mol. The maximum Gasteiger partial charge on any atom is 0.278 e. The van der Waals surface area contributed by atoms with Crippen molar-refractivity contribution in [2.75, 3.05) is 13.1 Å². The molecule has 0 spiro atoms. The molecule has 160 valence electrons. The van der Waals surface area contributed by atoms with Crippen molar-refractivity contribution in [3.8, 4) is 16.8 Å². The molecule has 2 aromatic carbocycles. The van der Waals surface area contributed by atoms with Gasteiger partial charge in [0.2, 0.25) is 10.0 Å². The minimum atomic E-state index is -3.66. The number of rotatable bonds is 7. The summed E-state index contributed by atoms with van der Waals surface area (Å²) in [6.07, 6.45) is -1.14. The highest BCUT2D eigenvalue weighted by atomic mass is 32.2. The van der Waals surface area contributed by atoms with Crippen LogP contribution in [-0.2, 0) is 10.0 Å². The summed E-state index contributed by atoms with van der Waals surface area (Å²) in [7, 11) is -3.66. The molecule has 2 heterocycles. The van der Waals surface area contributed by atoms with Crippen molar-refractivity contribution in [3.05, 3.63) is 78.6 Å². The lowest BCUT2D eigenvalue weighted by Crippen LogP contribution is -2.29. The Balaban J connectivity index is 1.83. The quantitative estimate of drug-likeness (QED) is 0.455. The average molecular weight is 442 g/mol. The number of nitrogens with zero attached hydrogens (tertiary/aromatic N) is 2. The van der Waals surface area contributed by atoms with Crippen molar-refractivity contribution < 1.29 is 17.2 Å². The van der Waals surface area contributed by atoms with Gasteiger partial charge < -0.3 is 5.73 Å². The van der Waals surface area contributed by atoms with Crippen LogP contribution < -0.4 is 10.5 Å². The lowest BCUT2D eigenvalue weighted by atomic mass is 10.0. The van der Waals surface area contributed by atoms with E-state index in [4.69, 9.17) is 5.73 Å². The Morgan fingerprint density at radius 1 is 1.03 bits per heavy atom. The SMILES string of the molecule is NCCNS(=O)(=O)c1ccc(-c2ccnc3c2cc(C(F)F)n3-c2ccccc2)cc1. The van der Waals surface area contributed by atoms with Gasteiger partial charge in [-0.3, -0.25) is 4.57 Å². The number of alkyl halides is 2. The molecule has 0 fully saturated rings. The number of fused-ring (bicyclic) bond motifs is 1. The van der Waals surface area contributed by atoms with Gasteiger partial charge in [-0.2, -0.15) is 0 Å². The van der Waals surface area contributed by atoms with Crippen LogP contribution in [0.2, 0.25) is 0 Å². The number of nitrogens with one attached hydrogen (secondary N) is 1. The van der Waals surface area contributed by atoms with Crippen molar-refractivity contribution in [2.45, 2.75) is 11.3 Å². The first-order valence-corrected chi connectivity index (χ1v) is 11.0. The first-order chi connectivity index (χ1) is 14.9. The normalized spacial score (nSPS) is 12.0. The number of halogens is 2. The second-order valence-electron chi connectivity index (χ2n) is 6.85. The molecule has 0 bridgehead atoms. The van der Waals surface area contributed by atoms with E-state index in [-0.39, 0.29) is 23.7 Å². The van der Waals surface area contributed by atoms with Crippen LogP contribution >= 0.6 is 0 Å². The summed E-state index contributed by atoms with van der Waals surface area (Å²) in [5.41, 5.74) is 7.56. The Morgan fingerprint density at radius 2 is 1.74 bits per heavy atom. The number of pyridine rings is 1. The van der Waals surface area contributed by atoms with Crippen molar-refractivity contribution in [3.63, 3.8) is 0 Å². The molecule has 3 N–H and O–H groups in total. The molecule has 0 atom stereocenters. The Hall–Kier alpha value is -3.14. The number of benzene rings is 2. The fraction of sp³-hybridized carbons (Fsp3) is 0.136. The van der Waals surface area contributed by atoms with E-state index in [0.717, 1.165) is 0 Å². The highest BCUT2D eigenvalue weighted by Gasteiger charge is 2.21. The first-order valence-electron chi connectivity index (χ1n) is 9.56. The molecule has 6 nitrogen and oxygen atoms in total. The van der Waals surface area contributed by atoms with Crippen molar-refractivity contribution in [2.24, 2.45) is 5.73 Å². The minimum absolute atomic E-state index is 0.102. The second kappa shape index (κ2) is 8.54. The molecule has 9 heteroatoms. The molecule has 2 aromatic heterocycles. The molecule has 0 aliphatic heterocycles. The zero-order chi connectivity index (χ0) is 22.0. The van der Waals surface area contributed by atoms with Gasteiger partial charge in [-0.1, -0.05) is 30.3 Å². The van der Waals surface area contributed by atoms with Crippen LogP contribution in [0.3, 0.4) is 0 Å². The molecule has 0 radical (unpaired) electrons. The summed E-state index contributed by atoms with van der Waals surface area (Å²) in [6, 6.07) is 18.3. The number of para-hydroxylation sites is 1. The molecule has 4 aromatic rings. The van der Waals surface area contributed by atoms with Crippen molar-refractivity contribution >= 4 is 21.1 Å². The number of nitrogens with two attached hydrogens (primary N) is 1. The largest absolute Gasteiger partial charge is 0.329 e. The van der Waals surface area contributed by atoms with E-state index in [9.17, 15) is 17.2 Å². The van der Waals surface area contributed by atoms with E-state index in [0.29, 0.717) is 27.8 Å². The highest BCUT2D eigenvalue weighted by molar-refractivity contribution is 7.89. The molecular weight excluding hydrogens is 422 g/mol. The maximum atomic E-state index is 13.8. The Morgan fingerprint density at radius 3 is 2.39 bits per heavy atom. The van der Waals surface area contributed by atoms with Crippen LogP contribution in [0.1, 0.15) is 12.1 Å². The third-order valence-electron chi connectivity index (χ3n) is 4.88. The van der Waals surface area contributed by atoms with Gasteiger partial charge in [0.1, 0.15) is 5.65 Å². The topological polar surface area (TPSA) is 90.0 Å². The average Bonchev–Trinajstić information content (AvgIpc) is 3.18. The Bertz CT molecular complexity index is 1300. The lowest BCUT2D eigenvalue weighted by molar-refractivity contribution is 0.144. The van der Waals surface area contributed by atoms with Crippen molar-refractivity contribution in [1.82, 2.24) is 14.3 Å². The molecule has 0 aliphatic rings. The molecule has 0 aliphatic carbocycles. The first kappa shape index (κ1) is 21.1. The number of hydrogen-bond acceptors (Lipinski definition) is 4. The van der Waals surface area contributed by atoms with Crippen LogP contribution in [0, 0.1) is 0 Å². The fourth-order valence-electron chi connectivity index (χ4n) is 3.47. The van der Waals surface area contributed by atoms with E-state index in [1.807, 2.05) is 6.07 Å². The smallest absolute Gasteiger partial charge is 0.278 e. The molecule has 0 amide bonds. The fourth-order valence-corrected chi connectivity index (χ4v) is 4.52. The Labute approximate surface area is 178 Å². The van der Waals surface area contributed by atoms with Crippen LogP contribution in [0.25, 0.3) is 27.8 Å². The van der Waals surface area contributed by atoms with Gasteiger partial charge in [0.15, 0.2) is 0 Å². The standard InChI is InChI=1S/C22H20F2N4O2S/c23-21(24)20-14-19-18(10-12-26-22(19)28(20)16-4-2-1-3-5-16)15-6-8-17(9-7-15)31(29,30)27-13-11-25/h1-10,12,14,21,27H,11,13,25H2. The van der Waals surface area contributed by atoms with Gasteiger partial charge in [-0.05, 0) is 47.5 Å². The van der Waals surface area contributed by atoms with Gasteiger partial charge in [-0.25, -0.2) is 26.9 Å². The van der Waals surface area contributed by atoms with E-state index in [1.54, 1.807) is 48.7 Å². The summed E-state index contributed by atoms with van der Waals surface area (Å²) in [4.78, 5) is 4.45. The van der Waals surface area contributed by atoms with Crippen LogP contribution in [0.5, 0.6) is 0 Å². The predicted molar refractivity (Wildman–Crippen MR) is 116 cm³/mol. The van der Waals surface area contributed by atoms with Gasteiger partial charge >= 0.3 is 0 Å². The molecule has 31 heavy (non-hydrogen) atoms. The summed E-state index contributed by atoms with van der Waals surface area (Å²) < 4.78 is 56.1. The van der Waals surface area contributed by atoms with E-state index in [2.05, 4.69) is 9.71 Å². The van der Waals surface area contributed by atoms with Gasteiger partial charge in [0.05, 0.1) is 10.6 Å². The zero-order valence-corrected chi connectivity index (χ0v) is 17.2. The zero-order valence-electron chi connectivity index (χ0n) is 16.4. The lowest BCUT2D eigenvalue weighted by Gasteiger charge is -2.10. The van der Waals surface area contributed by atoms with Crippen LogP contribution in [0.15, 0.2) is 77.8 Å². The number of hydrogen-bond donors (Lipinski definition) is 2. The molecule has 0 saturated carbocycles. The summed E-state index contributed by atoms with van der Waals surface area (Å²) in [5, 5.41) is 0.554. The van der Waals surface area contributed by atoms with Gasteiger partial charge in [-0.15, -0.1) is 0 Å². The van der Waals surface area contributed by atoms with E-state index < -0.39 is 16.4 Å². The number of sulfonamides is 1. The number of aromatic nitrogens is 2. The third-order valence-corrected chi connectivity index (χ3v) is 6.36. The molecular formula is C22H20F2N4O2S. The van der Waals surface area contributed by atoms with E-state index >= 15 is 0 Å². The Kier molecular flexibility index (Phi) is 5.81. The summed E-state index contributed by atoms with van der Waals surface area (Å²) in [6.45, 7) is 0.329. The molecule has 0 unspecified atom stereocenters. The molecule has 4 rings (SSSR count). The second-order valence-corrected chi connectivity index (χ2v) is 8.61. The predicted octanol–water partition coefficient (Wildman–Crippen LogP) is 3.87. The minimum Gasteiger partial charge on any atom is -0.329 e. The van der Waals surface area contributed by atoms with Crippen molar-refractivity contribution in [1.29, 1.82) is 0 Å². The summed E-state index contributed by atoms with van der Waals surface area (Å²) >= 11 is 0. The van der Waals surface area contributed by atoms with E-state index in [1.165, 1.54) is 22.8 Å². The van der Waals surface area contributed by atoms with Crippen LogP contribution in [0.4, 0.5) is 8.78 Å². The highest BCUT2D eigenvalue weighted by Crippen LogP contribution is 2.35. The van der Waals surface area contributed by atoms with Crippen LogP contribution in [-0.4, -0.2) is 31.1 Å².